The third-order valence-electron chi connectivity index (χ3n) is 3.52. The summed E-state index contributed by atoms with van der Waals surface area (Å²) in [5.41, 5.74) is 2.37. The predicted octanol–water partition coefficient (Wildman–Crippen LogP) is 3.20. The number of aromatic nitrogens is 2. The molecule has 3 heteroatoms. The Bertz CT molecular complexity index is 538. The van der Waals surface area contributed by atoms with E-state index >= 15 is 0 Å². The van der Waals surface area contributed by atoms with Crippen molar-refractivity contribution in [2.45, 2.75) is 40.2 Å². The van der Waals surface area contributed by atoms with Gasteiger partial charge in [-0.1, -0.05) is 45.9 Å². The number of likely N-dealkylation sites (N-methyl/N-ethyl adjacent to an activating group) is 1. The van der Waals surface area contributed by atoms with Crippen LogP contribution in [0.4, 0.5) is 0 Å². The summed E-state index contributed by atoms with van der Waals surface area (Å²) in [5.74, 6) is 0. The van der Waals surface area contributed by atoms with Gasteiger partial charge in [0.15, 0.2) is 0 Å². The number of hydrogen-bond acceptors (Lipinski definition) is 3. The lowest BCUT2D eigenvalue weighted by molar-refractivity contribution is 0.269. The standard InChI is InChI=1S/C16H23N3/c1-5-17-15(16(2,3)4)10-14-12-8-6-7-9-13(12)18-11-19-14/h6-9,11,15,17H,5,10H2,1-4H3. The molecule has 1 N–H and O–H groups in total. The number of para-hydroxylation sites is 1. The normalized spacial score (nSPS) is 13.7. The Morgan fingerprint density at radius 3 is 2.58 bits per heavy atom. The smallest absolute Gasteiger partial charge is 0.116 e. The van der Waals surface area contributed by atoms with E-state index in [1.54, 1.807) is 6.33 Å². The molecule has 0 amide bonds. The van der Waals surface area contributed by atoms with Crippen LogP contribution >= 0.6 is 0 Å². The Hall–Kier alpha value is -1.48. The first-order valence-electron chi connectivity index (χ1n) is 6.94. The fourth-order valence-electron chi connectivity index (χ4n) is 2.35. The minimum Gasteiger partial charge on any atom is -0.313 e. The minimum absolute atomic E-state index is 0.210. The van der Waals surface area contributed by atoms with Crippen molar-refractivity contribution in [1.29, 1.82) is 0 Å². The van der Waals surface area contributed by atoms with E-state index in [4.69, 9.17) is 0 Å². The summed E-state index contributed by atoms with van der Waals surface area (Å²) in [6, 6.07) is 8.63. The average molecular weight is 257 g/mol. The summed E-state index contributed by atoms with van der Waals surface area (Å²) in [4.78, 5) is 8.82. The van der Waals surface area contributed by atoms with Gasteiger partial charge >= 0.3 is 0 Å². The Kier molecular flexibility index (Phi) is 4.15. The zero-order valence-electron chi connectivity index (χ0n) is 12.3. The van der Waals surface area contributed by atoms with Crippen LogP contribution in [0.5, 0.6) is 0 Å². The van der Waals surface area contributed by atoms with Crippen LogP contribution in [-0.4, -0.2) is 22.6 Å². The van der Waals surface area contributed by atoms with Gasteiger partial charge in [-0.15, -0.1) is 0 Å². The molecule has 0 aliphatic rings. The van der Waals surface area contributed by atoms with Gasteiger partial charge in [0.1, 0.15) is 6.33 Å². The van der Waals surface area contributed by atoms with E-state index in [2.05, 4.69) is 55.1 Å². The van der Waals surface area contributed by atoms with Crippen LogP contribution in [0.25, 0.3) is 10.9 Å². The molecule has 1 unspecified atom stereocenters. The first-order chi connectivity index (χ1) is 9.02. The third-order valence-corrected chi connectivity index (χ3v) is 3.52. The zero-order valence-corrected chi connectivity index (χ0v) is 12.3. The van der Waals surface area contributed by atoms with E-state index in [-0.39, 0.29) is 5.41 Å². The molecule has 0 radical (unpaired) electrons. The maximum Gasteiger partial charge on any atom is 0.116 e. The Morgan fingerprint density at radius 1 is 1.16 bits per heavy atom. The van der Waals surface area contributed by atoms with Crippen molar-refractivity contribution in [3.8, 4) is 0 Å². The topological polar surface area (TPSA) is 37.8 Å². The summed E-state index contributed by atoms with van der Waals surface area (Å²) in [6.07, 6.45) is 2.60. The van der Waals surface area contributed by atoms with E-state index in [0.717, 1.165) is 29.6 Å². The summed E-state index contributed by atoms with van der Waals surface area (Å²) in [5, 5.41) is 4.74. The van der Waals surface area contributed by atoms with Gasteiger partial charge < -0.3 is 5.32 Å². The van der Waals surface area contributed by atoms with Crippen LogP contribution in [0.3, 0.4) is 0 Å². The van der Waals surface area contributed by atoms with Crippen LogP contribution in [0, 0.1) is 5.41 Å². The molecule has 102 valence electrons. The predicted molar refractivity (Wildman–Crippen MR) is 80.2 cm³/mol. The van der Waals surface area contributed by atoms with Crippen LogP contribution in [0.1, 0.15) is 33.4 Å². The monoisotopic (exact) mass is 257 g/mol. The third kappa shape index (κ3) is 3.29. The lowest BCUT2D eigenvalue weighted by Gasteiger charge is -2.31. The SMILES string of the molecule is CCNC(Cc1ncnc2ccccc12)C(C)(C)C. The number of benzene rings is 1. The summed E-state index contributed by atoms with van der Waals surface area (Å²) < 4.78 is 0. The summed E-state index contributed by atoms with van der Waals surface area (Å²) in [7, 11) is 0. The number of hydrogen-bond donors (Lipinski definition) is 1. The van der Waals surface area contributed by atoms with Gasteiger partial charge in [-0.2, -0.15) is 0 Å². The van der Waals surface area contributed by atoms with Crippen molar-refractivity contribution < 1.29 is 0 Å². The van der Waals surface area contributed by atoms with Gasteiger partial charge in [-0.25, -0.2) is 9.97 Å². The molecular formula is C16H23N3. The molecule has 1 atom stereocenters. The van der Waals surface area contributed by atoms with Crippen molar-refractivity contribution in [2.24, 2.45) is 5.41 Å². The summed E-state index contributed by atoms with van der Waals surface area (Å²) >= 11 is 0. The molecule has 0 saturated carbocycles. The van der Waals surface area contributed by atoms with Crippen molar-refractivity contribution in [1.82, 2.24) is 15.3 Å². The van der Waals surface area contributed by atoms with Gasteiger partial charge in [-0.05, 0) is 18.0 Å². The highest BCUT2D eigenvalue weighted by molar-refractivity contribution is 5.80. The summed E-state index contributed by atoms with van der Waals surface area (Å²) in [6.45, 7) is 9.93. The molecule has 1 heterocycles. The van der Waals surface area contributed by atoms with Gasteiger partial charge in [0.05, 0.1) is 11.2 Å². The van der Waals surface area contributed by atoms with E-state index in [0.29, 0.717) is 6.04 Å². The van der Waals surface area contributed by atoms with Gasteiger partial charge in [0, 0.05) is 17.8 Å². The highest BCUT2D eigenvalue weighted by Crippen LogP contribution is 2.24. The van der Waals surface area contributed by atoms with Crippen LogP contribution < -0.4 is 5.32 Å². The molecule has 0 bridgehead atoms. The van der Waals surface area contributed by atoms with Gasteiger partial charge in [-0.3, -0.25) is 0 Å². The average Bonchev–Trinajstić information content (AvgIpc) is 2.37. The molecular weight excluding hydrogens is 234 g/mol. The molecule has 19 heavy (non-hydrogen) atoms. The first-order valence-corrected chi connectivity index (χ1v) is 6.94. The number of fused-ring (bicyclic) bond motifs is 1. The maximum absolute atomic E-state index is 4.49. The molecule has 2 rings (SSSR count). The lowest BCUT2D eigenvalue weighted by Crippen LogP contribution is -2.42. The second-order valence-electron chi connectivity index (χ2n) is 6.02. The fraction of sp³-hybridized carbons (Fsp3) is 0.500. The highest BCUT2D eigenvalue weighted by atomic mass is 14.9. The van der Waals surface area contributed by atoms with E-state index in [1.807, 2.05) is 12.1 Å². The highest BCUT2D eigenvalue weighted by Gasteiger charge is 2.24. The second-order valence-corrected chi connectivity index (χ2v) is 6.02. The number of rotatable bonds is 4. The van der Waals surface area contributed by atoms with Gasteiger partial charge in [0.2, 0.25) is 0 Å². The Morgan fingerprint density at radius 2 is 1.89 bits per heavy atom. The minimum atomic E-state index is 0.210. The molecule has 3 nitrogen and oxygen atoms in total. The first kappa shape index (κ1) is 13.9. The van der Waals surface area contributed by atoms with Crippen LogP contribution in [0.15, 0.2) is 30.6 Å². The van der Waals surface area contributed by atoms with Crippen LogP contribution in [-0.2, 0) is 6.42 Å². The molecule has 0 saturated heterocycles. The van der Waals surface area contributed by atoms with Crippen molar-refractivity contribution >= 4 is 10.9 Å². The Labute approximate surface area is 115 Å². The van der Waals surface area contributed by atoms with Crippen LogP contribution in [0.2, 0.25) is 0 Å². The molecule has 0 aliphatic carbocycles. The van der Waals surface area contributed by atoms with E-state index in [9.17, 15) is 0 Å². The van der Waals surface area contributed by atoms with Gasteiger partial charge in [0.25, 0.3) is 0 Å². The van der Waals surface area contributed by atoms with E-state index in [1.165, 1.54) is 0 Å². The molecule has 1 aromatic heterocycles. The van der Waals surface area contributed by atoms with E-state index < -0.39 is 0 Å². The zero-order chi connectivity index (χ0) is 13.9. The number of nitrogens with one attached hydrogen (secondary N) is 1. The van der Waals surface area contributed by atoms with Crippen molar-refractivity contribution in [3.05, 3.63) is 36.3 Å². The van der Waals surface area contributed by atoms with Crippen molar-refractivity contribution in [2.75, 3.05) is 6.54 Å². The molecule has 0 fully saturated rings. The molecule has 0 aliphatic heterocycles. The maximum atomic E-state index is 4.49. The fourth-order valence-corrected chi connectivity index (χ4v) is 2.35. The second kappa shape index (κ2) is 5.66. The number of nitrogens with zero attached hydrogens (tertiary/aromatic N) is 2. The quantitative estimate of drug-likeness (QED) is 0.914. The van der Waals surface area contributed by atoms with Crippen molar-refractivity contribution in [3.63, 3.8) is 0 Å². The lowest BCUT2D eigenvalue weighted by atomic mass is 9.83. The molecule has 0 spiro atoms. The molecule has 1 aromatic carbocycles. The molecule has 2 aromatic rings. The Balaban J connectivity index is 2.34. The largest absolute Gasteiger partial charge is 0.313 e.